The number of alkyl halides is 3. The quantitative estimate of drug-likeness (QED) is 0.305. The molecule has 0 saturated heterocycles. The Kier molecular flexibility index (Phi) is 5.98. The van der Waals surface area contributed by atoms with Gasteiger partial charge in [0.15, 0.2) is 0 Å². The van der Waals surface area contributed by atoms with E-state index in [9.17, 15) is 18.0 Å². The van der Waals surface area contributed by atoms with E-state index in [1.165, 1.54) is 0 Å². The highest BCUT2D eigenvalue weighted by atomic mass is 79.9. The van der Waals surface area contributed by atoms with Crippen LogP contribution in [0.4, 0.5) is 18.9 Å². The van der Waals surface area contributed by atoms with E-state index in [0.717, 1.165) is 44.4 Å². The van der Waals surface area contributed by atoms with Crippen LogP contribution in [-0.2, 0) is 12.7 Å². The molecule has 0 bridgehead atoms. The molecule has 0 radical (unpaired) electrons. The molecule has 7 nitrogen and oxygen atoms in total. The summed E-state index contributed by atoms with van der Waals surface area (Å²) in [6.45, 7) is 5.92. The van der Waals surface area contributed by atoms with Gasteiger partial charge in [-0.2, -0.15) is 18.3 Å². The predicted molar refractivity (Wildman–Crippen MR) is 135 cm³/mol. The minimum absolute atomic E-state index is 0.168. The molecule has 1 atom stereocenters. The number of methoxy groups -OCH3 is 1. The highest BCUT2D eigenvalue weighted by Crippen LogP contribution is 2.43. The summed E-state index contributed by atoms with van der Waals surface area (Å²) in [4.78, 5) is 17.2. The van der Waals surface area contributed by atoms with Crippen molar-refractivity contribution >= 4 is 49.1 Å². The number of rotatable bonds is 4. The van der Waals surface area contributed by atoms with Crippen LogP contribution in [0.15, 0.2) is 28.7 Å². The second-order valence-electron chi connectivity index (χ2n) is 8.57. The van der Waals surface area contributed by atoms with E-state index in [4.69, 9.17) is 4.74 Å². The Hall–Kier alpha value is -3.12. The van der Waals surface area contributed by atoms with Gasteiger partial charge in [-0.1, -0.05) is 6.07 Å². The van der Waals surface area contributed by atoms with Gasteiger partial charge in [0.1, 0.15) is 27.3 Å². The van der Waals surface area contributed by atoms with Gasteiger partial charge >= 0.3 is 6.18 Å². The van der Waals surface area contributed by atoms with E-state index in [-0.39, 0.29) is 10.7 Å². The van der Waals surface area contributed by atoms with Gasteiger partial charge in [-0.05, 0) is 66.0 Å². The number of halogens is 4. The summed E-state index contributed by atoms with van der Waals surface area (Å²) in [5, 5.41) is 11.3. The Morgan fingerprint density at radius 3 is 2.58 bits per heavy atom. The van der Waals surface area contributed by atoms with Gasteiger partial charge in [0, 0.05) is 10.9 Å². The number of fused-ring (bicyclic) bond motifs is 3. The van der Waals surface area contributed by atoms with E-state index in [1.807, 2.05) is 36.7 Å². The molecule has 2 N–H and O–H groups in total. The molecule has 1 amide bonds. The van der Waals surface area contributed by atoms with Crippen LogP contribution in [0.2, 0.25) is 0 Å². The first-order chi connectivity index (χ1) is 17.0. The third-order valence-corrected chi connectivity index (χ3v) is 8.40. The molecule has 0 spiro atoms. The second kappa shape index (κ2) is 8.77. The third-order valence-electron chi connectivity index (χ3n) is 6.17. The number of benzene rings is 1. The number of amides is 1. The van der Waals surface area contributed by atoms with E-state index >= 15 is 0 Å². The van der Waals surface area contributed by atoms with Crippen LogP contribution in [0.3, 0.4) is 0 Å². The number of carbonyl (C=O) groups is 1. The van der Waals surface area contributed by atoms with Gasteiger partial charge in [-0.25, -0.2) is 4.98 Å². The number of hydrogen-bond acceptors (Lipinski definition) is 6. The van der Waals surface area contributed by atoms with Crippen LogP contribution in [0.5, 0.6) is 5.75 Å². The fraction of sp³-hybridized carbons (Fsp3) is 0.292. The van der Waals surface area contributed by atoms with Crippen LogP contribution in [-0.4, -0.2) is 27.8 Å². The number of aryl methyl sites for hydroxylation is 2. The molecule has 0 aliphatic carbocycles. The number of pyridine rings is 1. The molecule has 12 heteroatoms. The summed E-state index contributed by atoms with van der Waals surface area (Å²) < 4.78 is 48.2. The number of carbonyl (C=O) groups excluding carboxylic acids is 1. The van der Waals surface area contributed by atoms with Crippen molar-refractivity contribution in [2.75, 3.05) is 12.4 Å². The van der Waals surface area contributed by atoms with Crippen LogP contribution in [0.25, 0.3) is 10.2 Å². The van der Waals surface area contributed by atoms with Crippen LogP contribution in [0, 0.1) is 20.8 Å². The van der Waals surface area contributed by atoms with Gasteiger partial charge in [0.05, 0.1) is 35.2 Å². The number of thiophene rings is 1. The van der Waals surface area contributed by atoms with E-state index in [1.54, 1.807) is 14.0 Å². The molecule has 0 saturated carbocycles. The predicted octanol–water partition coefficient (Wildman–Crippen LogP) is 6.11. The molecule has 0 fully saturated rings. The first-order valence-electron chi connectivity index (χ1n) is 10.9. The van der Waals surface area contributed by atoms with Gasteiger partial charge in [0.25, 0.3) is 5.91 Å². The molecule has 4 aromatic rings. The zero-order chi connectivity index (χ0) is 25.9. The maximum atomic E-state index is 13.3. The fourth-order valence-electron chi connectivity index (χ4n) is 4.36. The fourth-order valence-corrected chi connectivity index (χ4v) is 5.76. The number of aromatic nitrogens is 3. The molecule has 1 aromatic carbocycles. The van der Waals surface area contributed by atoms with Gasteiger partial charge in [-0.3, -0.25) is 9.48 Å². The van der Waals surface area contributed by atoms with Crippen molar-refractivity contribution in [3.63, 3.8) is 0 Å². The lowest BCUT2D eigenvalue weighted by atomic mass is 10.0. The summed E-state index contributed by atoms with van der Waals surface area (Å²) in [7, 11) is 1.59. The maximum absolute atomic E-state index is 13.3. The van der Waals surface area contributed by atoms with Crippen molar-refractivity contribution in [3.05, 3.63) is 67.4 Å². The Bertz CT molecular complexity index is 1530. The van der Waals surface area contributed by atoms with Crippen molar-refractivity contribution in [1.29, 1.82) is 0 Å². The molecule has 188 valence electrons. The summed E-state index contributed by atoms with van der Waals surface area (Å²) >= 11 is 4.49. The van der Waals surface area contributed by atoms with Crippen molar-refractivity contribution in [2.45, 2.75) is 39.7 Å². The lowest BCUT2D eigenvalue weighted by Gasteiger charge is -2.27. The SMILES string of the molecule is COc1ccc(C2NC(=O)c3sc4nc(C(F)(F)F)cc(C)c4c3N2)cc1Cn1nc(C)c(Br)c1C. The highest BCUT2D eigenvalue weighted by molar-refractivity contribution is 9.10. The van der Waals surface area contributed by atoms with Crippen molar-refractivity contribution in [2.24, 2.45) is 0 Å². The number of anilines is 1. The third kappa shape index (κ3) is 4.11. The summed E-state index contributed by atoms with van der Waals surface area (Å²) in [6, 6.07) is 6.59. The second-order valence-corrected chi connectivity index (χ2v) is 10.4. The zero-order valence-electron chi connectivity index (χ0n) is 19.7. The summed E-state index contributed by atoms with van der Waals surface area (Å²) in [5.41, 5.74) is 3.38. The minimum Gasteiger partial charge on any atom is -0.496 e. The Morgan fingerprint density at radius 1 is 1.19 bits per heavy atom. The molecule has 4 heterocycles. The average Bonchev–Trinajstić information content (AvgIpc) is 3.32. The van der Waals surface area contributed by atoms with Crippen LogP contribution >= 0.6 is 27.3 Å². The van der Waals surface area contributed by atoms with Crippen molar-refractivity contribution < 1.29 is 22.7 Å². The topological polar surface area (TPSA) is 81.1 Å². The molecule has 1 unspecified atom stereocenters. The van der Waals surface area contributed by atoms with E-state index in [2.05, 4.69) is 36.6 Å². The minimum atomic E-state index is -4.57. The molecule has 1 aliphatic rings. The Balaban J connectivity index is 1.53. The molecule has 5 rings (SSSR count). The van der Waals surface area contributed by atoms with Gasteiger partial charge in [-0.15, -0.1) is 11.3 Å². The highest BCUT2D eigenvalue weighted by Gasteiger charge is 2.35. The first kappa shape index (κ1) is 24.6. The maximum Gasteiger partial charge on any atom is 0.433 e. The van der Waals surface area contributed by atoms with Crippen LogP contribution < -0.4 is 15.4 Å². The smallest absolute Gasteiger partial charge is 0.433 e. The van der Waals surface area contributed by atoms with Crippen molar-refractivity contribution in [3.8, 4) is 5.75 Å². The van der Waals surface area contributed by atoms with Crippen LogP contribution in [0.1, 0.15) is 49.6 Å². The standard InChI is InChI=1S/C24H21BrF3N5O2S/c1-10-7-16(24(26,27)28)29-23-17(10)19-20(36-23)22(34)31-21(30-19)13-5-6-15(35-4)14(8-13)9-33-12(3)18(25)11(2)32-33/h5-8,21,30H,9H2,1-4H3,(H,31,34). The van der Waals surface area contributed by atoms with E-state index < -0.39 is 18.0 Å². The lowest BCUT2D eigenvalue weighted by Crippen LogP contribution is -2.37. The summed E-state index contributed by atoms with van der Waals surface area (Å²) in [6.07, 6.45) is -5.16. The Morgan fingerprint density at radius 2 is 1.94 bits per heavy atom. The van der Waals surface area contributed by atoms with Gasteiger partial charge in [0.2, 0.25) is 0 Å². The van der Waals surface area contributed by atoms with Gasteiger partial charge < -0.3 is 15.4 Å². The molecular formula is C24H21BrF3N5O2S. The lowest BCUT2D eigenvalue weighted by molar-refractivity contribution is -0.141. The number of hydrogen-bond donors (Lipinski definition) is 2. The monoisotopic (exact) mass is 579 g/mol. The zero-order valence-corrected chi connectivity index (χ0v) is 22.1. The average molecular weight is 580 g/mol. The molecule has 1 aliphatic heterocycles. The first-order valence-corrected chi connectivity index (χ1v) is 12.5. The summed E-state index contributed by atoms with van der Waals surface area (Å²) in [5.74, 6) is 0.301. The number of nitrogens with zero attached hydrogens (tertiary/aromatic N) is 3. The number of ether oxygens (including phenoxy) is 1. The number of nitrogens with one attached hydrogen (secondary N) is 2. The molecular weight excluding hydrogens is 559 g/mol. The molecule has 3 aromatic heterocycles. The Labute approximate surface area is 216 Å². The largest absolute Gasteiger partial charge is 0.496 e. The van der Waals surface area contributed by atoms with E-state index in [0.29, 0.717) is 33.8 Å². The molecule has 36 heavy (non-hydrogen) atoms. The normalized spacial score (nSPS) is 15.6. The van der Waals surface area contributed by atoms with Crippen molar-refractivity contribution in [1.82, 2.24) is 20.1 Å².